The number of aromatic nitrogens is 2. The summed E-state index contributed by atoms with van der Waals surface area (Å²) in [5, 5.41) is 3.67. The summed E-state index contributed by atoms with van der Waals surface area (Å²) in [6.45, 7) is 1.84. The highest BCUT2D eigenvalue weighted by atomic mass is 35.5. The number of hydrogen-bond acceptors (Lipinski definition) is 5. The van der Waals surface area contributed by atoms with Crippen LogP contribution in [0.1, 0.15) is 28.6 Å². The summed E-state index contributed by atoms with van der Waals surface area (Å²) in [6.07, 6.45) is 1.15. The molecule has 1 unspecified atom stereocenters. The summed E-state index contributed by atoms with van der Waals surface area (Å²) < 4.78 is 5.25. The highest BCUT2D eigenvalue weighted by molar-refractivity contribution is 7.98. The number of thioether (sulfide) groups is 1. The van der Waals surface area contributed by atoms with E-state index in [-0.39, 0.29) is 5.38 Å². The molecule has 1 aliphatic heterocycles. The smallest absolute Gasteiger partial charge is 0.268 e. The third-order valence-electron chi connectivity index (χ3n) is 2.64. The van der Waals surface area contributed by atoms with Gasteiger partial charge in [0.15, 0.2) is 5.82 Å². The Kier molecular flexibility index (Phi) is 3.15. The Balaban J connectivity index is 1.94. The van der Waals surface area contributed by atoms with Crippen LogP contribution in [0.3, 0.4) is 0 Å². The summed E-state index contributed by atoms with van der Waals surface area (Å²) >= 11 is 9.66. The fourth-order valence-electron chi connectivity index (χ4n) is 1.75. The summed E-state index contributed by atoms with van der Waals surface area (Å²) in [7, 11) is 0. The van der Waals surface area contributed by atoms with Gasteiger partial charge in [-0.15, -0.1) is 22.9 Å². The molecule has 0 spiro atoms. The predicted molar refractivity (Wildman–Crippen MR) is 71.7 cm³/mol. The zero-order valence-electron chi connectivity index (χ0n) is 9.27. The normalized spacial score (nSPS) is 16.8. The minimum Gasteiger partial charge on any atom is -0.333 e. The molecule has 0 fully saturated rings. The Labute approximate surface area is 113 Å². The largest absolute Gasteiger partial charge is 0.333 e. The van der Waals surface area contributed by atoms with Gasteiger partial charge in [0.1, 0.15) is 0 Å². The third-order valence-corrected chi connectivity index (χ3v) is 5.06. The summed E-state index contributed by atoms with van der Waals surface area (Å²) in [6, 6.07) is 2.17. The van der Waals surface area contributed by atoms with Crippen molar-refractivity contribution in [2.75, 3.05) is 5.75 Å². The molecule has 1 aliphatic rings. The lowest BCUT2D eigenvalue weighted by Crippen LogP contribution is -1.96. The predicted octanol–water partition coefficient (Wildman–Crippen LogP) is 3.89. The van der Waals surface area contributed by atoms with E-state index in [1.54, 1.807) is 11.3 Å². The van der Waals surface area contributed by atoms with Gasteiger partial charge in [0.05, 0.1) is 10.3 Å². The molecule has 1 atom stereocenters. The van der Waals surface area contributed by atoms with Crippen molar-refractivity contribution in [2.45, 2.75) is 24.5 Å². The van der Waals surface area contributed by atoms with Crippen molar-refractivity contribution in [1.82, 2.24) is 10.1 Å². The number of fused-ring (bicyclic) bond motifs is 1. The van der Waals surface area contributed by atoms with Crippen LogP contribution in [0.15, 0.2) is 10.6 Å². The highest BCUT2D eigenvalue weighted by Gasteiger charge is 2.19. The van der Waals surface area contributed by atoms with Crippen molar-refractivity contribution in [2.24, 2.45) is 0 Å². The molecule has 0 radical (unpaired) electrons. The molecule has 0 bridgehead atoms. The van der Waals surface area contributed by atoms with Crippen LogP contribution in [0.25, 0.3) is 10.8 Å². The fourth-order valence-corrected chi connectivity index (χ4v) is 4.13. The van der Waals surface area contributed by atoms with Crippen LogP contribution in [0.2, 0.25) is 0 Å². The van der Waals surface area contributed by atoms with Crippen LogP contribution in [0.4, 0.5) is 0 Å². The Hall–Kier alpha value is -0.520. The number of halogens is 1. The lowest BCUT2D eigenvalue weighted by atomic mass is 10.2. The molecule has 0 amide bonds. The summed E-state index contributed by atoms with van der Waals surface area (Å²) in [4.78, 5) is 6.84. The second-order valence-corrected chi connectivity index (χ2v) is 6.83. The Morgan fingerprint density at radius 3 is 3.12 bits per heavy atom. The standard InChI is InChI=1S/C11H11ClN2OS2/c1-6(12)10-13-11(15-14-10)9-4-7-5-16-3-2-8(7)17-9/h4,6H,2-3,5H2,1H3. The molecule has 90 valence electrons. The van der Waals surface area contributed by atoms with Crippen molar-refractivity contribution in [3.05, 3.63) is 22.3 Å². The molecular weight excluding hydrogens is 276 g/mol. The van der Waals surface area contributed by atoms with Gasteiger partial charge < -0.3 is 4.52 Å². The number of nitrogens with zero attached hydrogens (tertiary/aromatic N) is 2. The maximum Gasteiger partial charge on any atom is 0.268 e. The van der Waals surface area contributed by atoms with Gasteiger partial charge in [-0.25, -0.2) is 0 Å². The van der Waals surface area contributed by atoms with Gasteiger partial charge in [-0.1, -0.05) is 5.16 Å². The monoisotopic (exact) mass is 286 g/mol. The highest BCUT2D eigenvalue weighted by Crippen LogP contribution is 2.36. The van der Waals surface area contributed by atoms with E-state index in [2.05, 4.69) is 16.2 Å². The van der Waals surface area contributed by atoms with Crippen LogP contribution >= 0.6 is 34.7 Å². The van der Waals surface area contributed by atoms with Crippen molar-refractivity contribution in [3.8, 4) is 10.8 Å². The van der Waals surface area contributed by atoms with Crippen molar-refractivity contribution >= 4 is 34.7 Å². The van der Waals surface area contributed by atoms with E-state index in [1.807, 2.05) is 18.7 Å². The first-order chi connectivity index (χ1) is 8.24. The lowest BCUT2D eigenvalue weighted by Gasteiger charge is -2.08. The molecular formula is C11H11ClN2OS2. The third kappa shape index (κ3) is 2.23. The van der Waals surface area contributed by atoms with Crippen LogP contribution in [-0.2, 0) is 12.2 Å². The van der Waals surface area contributed by atoms with Crippen molar-refractivity contribution in [3.63, 3.8) is 0 Å². The summed E-state index contributed by atoms with van der Waals surface area (Å²) in [5.41, 5.74) is 1.42. The number of rotatable bonds is 2. The van der Waals surface area contributed by atoms with Crippen molar-refractivity contribution in [1.29, 1.82) is 0 Å². The van der Waals surface area contributed by atoms with E-state index in [0.717, 1.165) is 17.1 Å². The molecule has 3 rings (SSSR count). The topological polar surface area (TPSA) is 38.9 Å². The van der Waals surface area contributed by atoms with Gasteiger partial charge in [-0.3, -0.25) is 0 Å². The molecule has 0 aromatic carbocycles. The van der Waals surface area contributed by atoms with Gasteiger partial charge in [0.2, 0.25) is 0 Å². The first-order valence-corrected chi connectivity index (χ1v) is 7.82. The maximum atomic E-state index is 5.92. The number of alkyl halides is 1. The minimum absolute atomic E-state index is 0.211. The molecule has 0 aliphatic carbocycles. The number of hydrogen-bond donors (Lipinski definition) is 0. The average molecular weight is 287 g/mol. The van der Waals surface area contributed by atoms with E-state index in [0.29, 0.717) is 11.7 Å². The zero-order valence-corrected chi connectivity index (χ0v) is 11.7. The second-order valence-electron chi connectivity index (χ2n) is 3.94. The summed E-state index contributed by atoms with van der Waals surface area (Å²) in [5.74, 6) is 3.46. The van der Waals surface area contributed by atoms with Gasteiger partial charge in [0, 0.05) is 10.6 Å². The number of thiophene rings is 1. The van der Waals surface area contributed by atoms with Crippen molar-refractivity contribution < 1.29 is 4.52 Å². The molecule has 2 aromatic heterocycles. The molecule has 0 N–H and O–H groups in total. The van der Waals surface area contributed by atoms with E-state index in [4.69, 9.17) is 16.1 Å². The Morgan fingerprint density at radius 1 is 1.53 bits per heavy atom. The van der Waals surface area contributed by atoms with Crippen LogP contribution in [0, 0.1) is 0 Å². The molecule has 0 saturated heterocycles. The molecule has 2 aromatic rings. The SMILES string of the molecule is CC(Cl)c1noc(-c2cc3c(s2)CCSC3)n1. The molecule has 3 heterocycles. The van der Waals surface area contributed by atoms with Crippen LogP contribution < -0.4 is 0 Å². The van der Waals surface area contributed by atoms with E-state index in [9.17, 15) is 0 Å². The van der Waals surface area contributed by atoms with Crippen LogP contribution in [-0.4, -0.2) is 15.9 Å². The van der Waals surface area contributed by atoms with E-state index < -0.39 is 0 Å². The van der Waals surface area contributed by atoms with E-state index in [1.165, 1.54) is 16.2 Å². The molecule has 0 saturated carbocycles. The van der Waals surface area contributed by atoms with Gasteiger partial charge in [-0.2, -0.15) is 16.7 Å². The fraction of sp³-hybridized carbons (Fsp3) is 0.455. The average Bonchev–Trinajstić information content (AvgIpc) is 2.95. The molecule has 17 heavy (non-hydrogen) atoms. The van der Waals surface area contributed by atoms with Gasteiger partial charge in [0.25, 0.3) is 5.89 Å². The van der Waals surface area contributed by atoms with E-state index >= 15 is 0 Å². The van der Waals surface area contributed by atoms with Crippen LogP contribution in [0.5, 0.6) is 0 Å². The first kappa shape index (κ1) is 11.6. The number of aryl methyl sites for hydroxylation is 1. The first-order valence-electron chi connectivity index (χ1n) is 5.41. The van der Waals surface area contributed by atoms with Gasteiger partial charge in [-0.05, 0) is 30.7 Å². The Bertz CT molecular complexity index is 512. The Morgan fingerprint density at radius 2 is 2.41 bits per heavy atom. The maximum absolute atomic E-state index is 5.92. The quantitative estimate of drug-likeness (QED) is 0.785. The second kappa shape index (κ2) is 4.63. The lowest BCUT2D eigenvalue weighted by molar-refractivity contribution is 0.423. The minimum atomic E-state index is -0.211. The molecule has 6 heteroatoms. The zero-order chi connectivity index (χ0) is 11.8. The van der Waals surface area contributed by atoms with Gasteiger partial charge >= 0.3 is 0 Å². The molecule has 3 nitrogen and oxygen atoms in total.